The molecule has 0 radical (unpaired) electrons. The number of carbonyl (C=O) groups excluding carboxylic acids is 1. The molecule has 1 amide bonds. The van der Waals surface area contributed by atoms with E-state index < -0.39 is 5.79 Å². The smallest absolute Gasteiger partial charge is 0.272 e. The van der Waals surface area contributed by atoms with Crippen molar-refractivity contribution in [3.05, 3.63) is 53.9 Å². The number of ether oxygens (including phenoxy) is 2. The Morgan fingerprint density at radius 1 is 1.03 bits per heavy atom. The van der Waals surface area contributed by atoms with Crippen LogP contribution < -0.4 is 5.32 Å². The van der Waals surface area contributed by atoms with Crippen molar-refractivity contribution in [3.63, 3.8) is 0 Å². The summed E-state index contributed by atoms with van der Waals surface area (Å²) in [5.74, 6) is -0.531. The van der Waals surface area contributed by atoms with Gasteiger partial charge in [0.15, 0.2) is 5.79 Å². The molecule has 0 atom stereocenters. The lowest BCUT2D eigenvalue weighted by atomic mass is 9.87. The van der Waals surface area contributed by atoms with Crippen LogP contribution in [0.1, 0.15) is 49.7 Å². The molecule has 0 saturated carbocycles. The summed E-state index contributed by atoms with van der Waals surface area (Å²) in [6, 6.07) is 12.1. The van der Waals surface area contributed by atoms with E-state index in [0.717, 1.165) is 11.4 Å². The number of anilines is 2. The number of piperidine rings is 1. The van der Waals surface area contributed by atoms with Crippen LogP contribution in [0.5, 0.6) is 0 Å². The van der Waals surface area contributed by atoms with Crippen molar-refractivity contribution in [2.75, 3.05) is 31.6 Å². The first kappa shape index (κ1) is 19.9. The monoisotopic (exact) mass is 395 g/mol. The predicted octanol–water partition coefficient (Wildman–Crippen LogP) is 4.10. The number of nitrogens with one attached hydrogen (secondary N) is 1. The van der Waals surface area contributed by atoms with Crippen LogP contribution in [0.3, 0.4) is 0 Å². The van der Waals surface area contributed by atoms with Crippen molar-refractivity contribution in [2.45, 2.75) is 44.8 Å². The molecule has 2 aliphatic heterocycles. The first-order chi connectivity index (χ1) is 13.8. The number of aromatic nitrogens is 1. The lowest BCUT2D eigenvalue weighted by molar-refractivity contribution is -0.181. The van der Waals surface area contributed by atoms with E-state index in [4.69, 9.17) is 9.47 Å². The van der Waals surface area contributed by atoms with Crippen LogP contribution in [-0.4, -0.2) is 47.9 Å². The Morgan fingerprint density at radius 2 is 1.69 bits per heavy atom. The highest BCUT2D eigenvalue weighted by Crippen LogP contribution is 2.32. The van der Waals surface area contributed by atoms with Crippen LogP contribution in [0, 0.1) is 0 Å². The van der Waals surface area contributed by atoms with Gasteiger partial charge in [0, 0.05) is 43.5 Å². The molecular weight excluding hydrogens is 366 g/mol. The Hall–Kier alpha value is -2.44. The van der Waals surface area contributed by atoms with E-state index in [2.05, 4.69) is 55.3 Å². The van der Waals surface area contributed by atoms with E-state index in [-0.39, 0.29) is 11.3 Å². The molecule has 2 saturated heterocycles. The summed E-state index contributed by atoms with van der Waals surface area (Å²) >= 11 is 0. The number of benzene rings is 1. The van der Waals surface area contributed by atoms with Gasteiger partial charge in [0.05, 0.1) is 13.2 Å². The molecule has 1 spiro atoms. The normalized spacial score (nSPS) is 18.8. The van der Waals surface area contributed by atoms with Gasteiger partial charge in [-0.2, -0.15) is 0 Å². The molecule has 1 aromatic heterocycles. The molecule has 1 aromatic carbocycles. The summed E-state index contributed by atoms with van der Waals surface area (Å²) in [6.45, 7) is 9.11. The zero-order valence-corrected chi connectivity index (χ0v) is 17.4. The average Bonchev–Trinajstić information content (AvgIpc) is 3.16. The number of likely N-dealkylation sites (tertiary alicyclic amines) is 1. The number of pyridine rings is 1. The summed E-state index contributed by atoms with van der Waals surface area (Å²) in [4.78, 5) is 19.0. The van der Waals surface area contributed by atoms with E-state index in [9.17, 15) is 4.79 Å². The first-order valence-corrected chi connectivity index (χ1v) is 10.3. The van der Waals surface area contributed by atoms with Gasteiger partial charge in [-0.05, 0) is 35.2 Å². The van der Waals surface area contributed by atoms with E-state index in [0.29, 0.717) is 44.8 Å². The second kappa shape index (κ2) is 7.76. The number of rotatable bonds is 3. The largest absolute Gasteiger partial charge is 0.355 e. The van der Waals surface area contributed by atoms with Crippen molar-refractivity contribution in [1.82, 2.24) is 9.88 Å². The molecule has 2 aliphatic rings. The molecule has 0 unspecified atom stereocenters. The Kier molecular flexibility index (Phi) is 5.32. The van der Waals surface area contributed by atoms with Crippen LogP contribution in [0.2, 0.25) is 0 Å². The fraction of sp³-hybridized carbons (Fsp3) is 0.478. The second-order valence-corrected chi connectivity index (χ2v) is 8.78. The molecule has 0 bridgehead atoms. The summed E-state index contributed by atoms with van der Waals surface area (Å²) < 4.78 is 11.5. The van der Waals surface area contributed by atoms with E-state index in [1.165, 1.54) is 5.56 Å². The van der Waals surface area contributed by atoms with Gasteiger partial charge in [-0.1, -0.05) is 32.9 Å². The van der Waals surface area contributed by atoms with Gasteiger partial charge in [-0.3, -0.25) is 9.78 Å². The van der Waals surface area contributed by atoms with Crippen molar-refractivity contribution in [2.24, 2.45) is 0 Å². The number of carbonyl (C=O) groups is 1. The molecular formula is C23H29N3O3. The van der Waals surface area contributed by atoms with Crippen LogP contribution in [0.15, 0.2) is 42.6 Å². The molecule has 2 aromatic rings. The lowest BCUT2D eigenvalue weighted by Crippen LogP contribution is -2.47. The molecule has 1 N–H and O–H groups in total. The molecule has 4 rings (SSSR count). The second-order valence-electron chi connectivity index (χ2n) is 8.78. The Bertz CT molecular complexity index is 858. The molecule has 0 aliphatic carbocycles. The maximum atomic E-state index is 12.9. The summed E-state index contributed by atoms with van der Waals surface area (Å²) in [5, 5.41) is 3.37. The van der Waals surface area contributed by atoms with Crippen LogP contribution in [0.25, 0.3) is 0 Å². The van der Waals surface area contributed by atoms with Gasteiger partial charge in [0.1, 0.15) is 5.69 Å². The molecule has 6 heteroatoms. The zero-order chi connectivity index (χ0) is 20.5. The first-order valence-electron chi connectivity index (χ1n) is 10.3. The van der Waals surface area contributed by atoms with Crippen molar-refractivity contribution >= 4 is 17.3 Å². The highest BCUT2D eigenvalue weighted by molar-refractivity contribution is 5.93. The summed E-state index contributed by atoms with van der Waals surface area (Å²) in [6.07, 6.45) is 3.08. The van der Waals surface area contributed by atoms with E-state index in [1.807, 2.05) is 17.0 Å². The van der Waals surface area contributed by atoms with Gasteiger partial charge < -0.3 is 19.7 Å². The molecule has 29 heavy (non-hydrogen) atoms. The third kappa shape index (κ3) is 4.43. The van der Waals surface area contributed by atoms with Crippen molar-refractivity contribution in [1.29, 1.82) is 0 Å². The molecule has 3 heterocycles. The highest BCUT2D eigenvalue weighted by Gasteiger charge is 2.41. The number of hydrogen-bond acceptors (Lipinski definition) is 5. The number of amides is 1. The number of hydrogen-bond donors (Lipinski definition) is 1. The van der Waals surface area contributed by atoms with Gasteiger partial charge in [0.25, 0.3) is 5.91 Å². The maximum absolute atomic E-state index is 12.9. The highest BCUT2D eigenvalue weighted by atomic mass is 16.7. The number of nitrogens with zero attached hydrogens (tertiary/aromatic N) is 2. The maximum Gasteiger partial charge on any atom is 0.272 e. The van der Waals surface area contributed by atoms with E-state index in [1.54, 1.807) is 6.20 Å². The summed E-state index contributed by atoms with van der Waals surface area (Å²) in [5.41, 5.74) is 3.69. The average molecular weight is 396 g/mol. The van der Waals surface area contributed by atoms with Crippen molar-refractivity contribution < 1.29 is 14.3 Å². The standard InChI is InChI=1S/C23H29N3O3/c1-22(2,3)17-4-6-18(7-5-17)25-19-8-11-24-20(16-19)21(27)26-12-9-23(10-13-26)28-14-15-29-23/h4-8,11,16H,9-10,12-15H2,1-3H3,(H,24,25). The lowest BCUT2D eigenvalue weighted by Gasteiger charge is -2.37. The van der Waals surface area contributed by atoms with E-state index >= 15 is 0 Å². The topological polar surface area (TPSA) is 63.7 Å². The Balaban J connectivity index is 1.41. The van der Waals surface area contributed by atoms with Crippen LogP contribution in [0.4, 0.5) is 11.4 Å². The van der Waals surface area contributed by atoms with Gasteiger partial charge in [-0.15, -0.1) is 0 Å². The van der Waals surface area contributed by atoms with Crippen molar-refractivity contribution in [3.8, 4) is 0 Å². The predicted molar refractivity (Wildman–Crippen MR) is 112 cm³/mol. The molecule has 154 valence electrons. The third-order valence-corrected chi connectivity index (χ3v) is 5.64. The van der Waals surface area contributed by atoms with Gasteiger partial charge in [-0.25, -0.2) is 0 Å². The Labute approximate surface area is 172 Å². The fourth-order valence-electron chi connectivity index (χ4n) is 3.84. The third-order valence-electron chi connectivity index (χ3n) is 5.64. The van der Waals surface area contributed by atoms with Crippen LogP contribution >= 0.6 is 0 Å². The minimum absolute atomic E-state index is 0.0513. The quantitative estimate of drug-likeness (QED) is 0.848. The fourth-order valence-corrected chi connectivity index (χ4v) is 3.84. The van der Waals surface area contributed by atoms with Gasteiger partial charge in [0.2, 0.25) is 0 Å². The SMILES string of the molecule is CC(C)(C)c1ccc(Nc2ccnc(C(=O)N3CCC4(CC3)OCCO4)c2)cc1. The Morgan fingerprint density at radius 3 is 2.31 bits per heavy atom. The molecule has 2 fully saturated rings. The summed E-state index contributed by atoms with van der Waals surface area (Å²) in [7, 11) is 0. The van der Waals surface area contributed by atoms with Crippen LogP contribution in [-0.2, 0) is 14.9 Å². The van der Waals surface area contributed by atoms with Gasteiger partial charge >= 0.3 is 0 Å². The zero-order valence-electron chi connectivity index (χ0n) is 17.4. The minimum Gasteiger partial charge on any atom is -0.355 e. The molecule has 6 nitrogen and oxygen atoms in total. The minimum atomic E-state index is -0.479.